The molecule has 1 aliphatic carbocycles. The van der Waals surface area contributed by atoms with Gasteiger partial charge in [-0.2, -0.15) is 5.10 Å². The van der Waals surface area contributed by atoms with Crippen LogP contribution in [0, 0.1) is 10.8 Å². The summed E-state index contributed by atoms with van der Waals surface area (Å²) < 4.78 is 2.69. The Labute approximate surface area is 186 Å². The summed E-state index contributed by atoms with van der Waals surface area (Å²) in [4.78, 5) is 23.1. The molecule has 0 atom stereocenters. The van der Waals surface area contributed by atoms with Gasteiger partial charge in [0.25, 0.3) is 5.56 Å². The van der Waals surface area contributed by atoms with E-state index in [0.29, 0.717) is 23.1 Å². The number of nitrogens with one attached hydrogen (secondary N) is 3. The summed E-state index contributed by atoms with van der Waals surface area (Å²) in [6, 6.07) is 9.52. The number of aldehydes is 1. The van der Waals surface area contributed by atoms with Crippen molar-refractivity contribution < 1.29 is 4.79 Å². The zero-order valence-corrected chi connectivity index (χ0v) is 18.8. The van der Waals surface area contributed by atoms with E-state index in [9.17, 15) is 9.59 Å². The summed E-state index contributed by atoms with van der Waals surface area (Å²) in [5, 5.41) is 23.2. The summed E-state index contributed by atoms with van der Waals surface area (Å²) in [6.07, 6.45) is 7.26. The van der Waals surface area contributed by atoms with Crippen molar-refractivity contribution in [3.63, 3.8) is 0 Å². The fourth-order valence-electron chi connectivity index (χ4n) is 3.72. The Balaban J connectivity index is 0.000000222. The third-order valence-corrected chi connectivity index (χ3v) is 5.79. The van der Waals surface area contributed by atoms with Gasteiger partial charge in [-0.25, -0.2) is 4.68 Å². The summed E-state index contributed by atoms with van der Waals surface area (Å²) in [6.45, 7) is 4.14. The molecule has 0 unspecified atom stereocenters. The number of hydrogen-bond acceptors (Lipinski definition) is 6. The third-order valence-electron chi connectivity index (χ3n) is 5.79. The molecule has 32 heavy (non-hydrogen) atoms. The normalized spacial score (nSPS) is 13.2. The molecule has 1 saturated carbocycles. The van der Waals surface area contributed by atoms with Gasteiger partial charge < -0.3 is 10.1 Å². The van der Waals surface area contributed by atoms with E-state index in [2.05, 4.69) is 36.4 Å². The van der Waals surface area contributed by atoms with Crippen LogP contribution in [0.3, 0.4) is 0 Å². The van der Waals surface area contributed by atoms with E-state index >= 15 is 0 Å². The van der Waals surface area contributed by atoms with Crippen molar-refractivity contribution in [1.29, 1.82) is 10.8 Å². The predicted octanol–water partition coefficient (Wildman–Crippen LogP) is 3.45. The zero-order valence-electron chi connectivity index (χ0n) is 18.8. The SMILES string of the molecule is CC(C)c1nn(CC=O)c(=O)c2ccc(C3CCC3)cc12.CNc1ccc(=N)n(C=N)c1. The van der Waals surface area contributed by atoms with E-state index < -0.39 is 0 Å². The first kappa shape index (κ1) is 23.1. The van der Waals surface area contributed by atoms with Crippen LogP contribution in [0.5, 0.6) is 0 Å². The number of hydrogen-bond donors (Lipinski definition) is 3. The Bertz CT molecular complexity index is 1240. The molecule has 0 radical (unpaired) electrons. The molecule has 2 aromatic heterocycles. The van der Waals surface area contributed by atoms with Crippen molar-refractivity contribution in [2.45, 2.75) is 51.5 Å². The standard InChI is InChI=1S/C17H20N2O2.C7H10N4/c1-11(2)16-15-10-13(12-4-3-5-12)6-7-14(15)17(21)19(18-16)8-9-20;1-10-6-2-3-7(9)11(4-6)5-8/h6-7,9-12H,3-5,8H2,1-2H3;2-5,8-10H,1H3. The lowest BCUT2D eigenvalue weighted by Crippen LogP contribution is -2.25. The van der Waals surface area contributed by atoms with E-state index in [0.717, 1.165) is 23.1 Å². The highest BCUT2D eigenvalue weighted by Gasteiger charge is 2.21. The lowest BCUT2D eigenvalue weighted by molar-refractivity contribution is -0.108. The van der Waals surface area contributed by atoms with Crippen LogP contribution in [-0.4, -0.2) is 34.0 Å². The average molecular weight is 435 g/mol. The number of carbonyl (C=O) groups is 1. The molecule has 1 fully saturated rings. The lowest BCUT2D eigenvalue weighted by Gasteiger charge is -2.26. The van der Waals surface area contributed by atoms with Gasteiger partial charge in [-0.15, -0.1) is 0 Å². The monoisotopic (exact) mass is 434 g/mol. The Morgan fingerprint density at radius 2 is 1.97 bits per heavy atom. The van der Waals surface area contributed by atoms with Crippen molar-refractivity contribution in [1.82, 2.24) is 14.3 Å². The fourth-order valence-corrected chi connectivity index (χ4v) is 3.72. The maximum absolute atomic E-state index is 12.4. The van der Waals surface area contributed by atoms with Crippen LogP contribution in [0.15, 0.2) is 41.3 Å². The van der Waals surface area contributed by atoms with Crippen LogP contribution in [-0.2, 0) is 11.3 Å². The minimum Gasteiger partial charge on any atom is -0.387 e. The Kier molecular flexibility index (Phi) is 7.35. The number of nitrogens with zero attached hydrogens (tertiary/aromatic N) is 3. The highest BCUT2D eigenvalue weighted by molar-refractivity contribution is 5.85. The molecule has 0 saturated heterocycles. The van der Waals surface area contributed by atoms with Crippen LogP contribution in [0.4, 0.5) is 5.69 Å². The Morgan fingerprint density at radius 1 is 1.22 bits per heavy atom. The maximum atomic E-state index is 12.4. The van der Waals surface area contributed by atoms with Crippen molar-refractivity contribution in [3.05, 3.63) is 63.6 Å². The van der Waals surface area contributed by atoms with E-state index in [1.54, 1.807) is 25.4 Å². The minimum absolute atomic E-state index is 0.0128. The second-order valence-electron chi connectivity index (χ2n) is 8.22. The van der Waals surface area contributed by atoms with Crippen LogP contribution in [0.1, 0.15) is 56.2 Å². The molecular formula is C24H30N6O2. The van der Waals surface area contributed by atoms with Gasteiger partial charge in [0.1, 0.15) is 18.3 Å². The number of aromatic nitrogens is 3. The molecule has 1 aliphatic rings. The second-order valence-corrected chi connectivity index (χ2v) is 8.22. The molecule has 8 nitrogen and oxygen atoms in total. The number of rotatable bonds is 6. The van der Waals surface area contributed by atoms with E-state index in [-0.39, 0.29) is 18.0 Å². The van der Waals surface area contributed by atoms with Crippen LogP contribution < -0.4 is 16.4 Å². The van der Waals surface area contributed by atoms with Gasteiger partial charge in [0.15, 0.2) is 0 Å². The topological polar surface area (TPSA) is 117 Å². The summed E-state index contributed by atoms with van der Waals surface area (Å²) >= 11 is 0. The Hall–Kier alpha value is -3.55. The molecule has 3 N–H and O–H groups in total. The number of benzene rings is 1. The molecule has 168 valence electrons. The molecule has 2 heterocycles. The summed E-state index contributed by atoms with van der Waals surface area (Å²) in [7, 11) is 1.80. The van der Waals surface area contributed by atoms with Crippen LogP contribution in [0.2, 0.25) is 0 Å². The number of carbonyl (C=O) groups excluding carboxylic acids is 1. The van der Waals surface area contributed by atoms with Gasteiger partial charge in [-0.1, -0.05) is 26.3 Å². The largest absolute Gasteiger partial charge is 0.387 e. The molecule has 1 aromatic carbocycles. The van der Waals surface area contributed by atoms with E-state index in [4.69, 9.17) is 10.8 Å². The van der Waals surface area contributed by atoms with E-state index in [1.807, 2.05) is 6.07 Å². The van der Waals surface area contributed by atoms with Gasteiger partial charge in [-0.05, 0) is 54.5 Å². The number of pyridine rings is 1. The Morgan fingerprint density at radius 3 is 2.53 bits per heavy atom. The highest BCUT2D eigenvalue weighted by atomic mass is 16.1. The minimum atomic E-state index is -0.179. The van der Waals surface area contributed by atoms with Crippen molar-refractivity contribution in [2.24, 2.45) is 0 Å². The average Bonchev–Trinajstić information content (AvgIpc) is 2.75. The number of fused-ring (bicyclic) bond motifs is 1. The first-order valence-electron chi connectivity index (χ1n) is 10.8. The van der Waals surface area contributed by atoms with Gasteiger partial charge in [-0.3, -0.25) is 20.2 Å². The fraction of sp³-hybridized carbons (Fsp3) is 0.375. The zero-order chi connectivity index (χ0) is 23.3. The molecule has 0 bridgehead atoms. The first-order valence-corrected chi connectivity index (χ1v) is 10.8. The molecule has 4 rings (SSSR count). The molecule has 8 heteroatoms. The third kappa shape index (κ3) is 4.85. The summed E-state index contributed by atoms with van der Waals surface area (Å²) in [5.74, 6) is 0.842. The molecule has 3 aromatic rings. The van der Waals surface area contributed by atoms with Gasteiger partial charge in [0.05, 0.1) is 23.1 Å². The first-order chi connectivity index (χ1) is 15.4. The van der Waals surface area contributed by atoms with Gasteiger partial charge >= 0.3 is 0 Å². The molecule has 0 aliphatic heterocycles. The van der Waals surface area contributed by atoms with E-state index in [1.165, 1.54) is 34.1 Å². The quantitative estimate of drug-likeness (QED) is 0.313. The van der Waals surface area contributed by atoms with Crippen molar-refractivity contribution in [3.8, 4) is 0 Å². The molecular weight excluding hydrogens is 404 g/mol. The van der Waals surface area contributed by atoms with Gasteiger partial charge in [0.2, 0.25) is 0 Å². The van der Waals surface area contributed by atoms with Crippen LogP contribution in [0.25, 0.3) is 10.8 Å². The molecule has 0 amide bonds. The van der Waals surface area contributed by atoms with Crippen molar-refractivity contribution >= 4 is 29.1 Å². The summed E-state index contributed by atoms with van der Waals surface area (Å²) in [5.41, 5.74) is 3.22. The second kappa shape index (κ2) is 10.2. The smallest absolute Gasteiger partial charge is 0.275 e. The van der Waals surface area contributed by atoms with Crippen LogP contribution >= 0.6 is 0 Å². The van der Waals surface area contributed by atoms with Gasteiger partial charge in [0, 0.05) is 18.6 Å². The maximum Gasteiger partial charge on any atom is 0.275 e. The van der Waals surface area contributed by atoms with Crippen molar-refractivity contribution in [2.75, 3.05) is 12.4 Å². The number of anilines is 1. The highest BCUT2D eigenvalue weighted by Crippen LogP contribution is 2.37. The predicted molar refractivity (Wildman–Crippen MR) is 127 cm³/mol. The lowest BCUT2D eigenvalue weighted by atomic mass is 9.79. The molecule has 0 spiro atoms.